The third kappa shape index (κ3) is 3.01. The summed E-state index contributed by atoms with van der Waals surface area (Å²) in [5, 5.41) is 12.5. The van der Waals surface area contributed by atoms with Gasteiger partial charge in [-0.2, -0.15) is 0 Å². The highest BCUT2D eigenvalue weighted by Crippen LogP contribution is 2.22. The Morgan fingerprint density at radius 1 is 1.57 bits per heavy atom. The second-order valence-electron chi connectivity index (χ2n) is 3.59. The van der Waals surface area contributed by atoms with Gasteiger partial charge in [-0.05, 0) is 13.8 Å². The van der Waals surface area contributed by atoms with Gasteiger partial charge in [-0.1, -0.05) is 11.6 Å². The van der Waals surface area contributed by atoms with E-state index >= 15 is 0 Å². The topological polar surface area (TPSA) is 84.1 Å². The molecule has 1 heterocycles. The molecule has 0 saturated heterocycles. The Bertz CT molecular complexity index is 324. The molecule has 0 spiro atoms. The molecule has 0 unspecified atom stereocenters. The normalized spacial score (nSPS) is 11.4. The van der Waals surface area contributed by atoms with Crippen LogP contribution in [-0.2, 0) is 0 Å². The molecular weight excluding hydrogens is 204 g/mol. The van der Waals surface area contributed by atoms with Gasteiger partial charge < -0.3 is 16.2 Å². The molecule has 5 nitrogen and oxygen atoms in total. The van der Waals surface area contributed by atoms with Gasteiger partial charge in [-0.25, -0.2) is 9.97 Å². The smallest absolute Gasteiger partial charge is 0.157 e. The summed E-state index contributed by atoms with van der Waals surface area (Å²) in [6, 6.07) is 0. The lowest BCUT2D eigenvalue weighted by Crippen LogP contribution is -2.29. The first-order chi connectivity index (χ1) is 6.40. The lowest BCUT2D eigenvalue weighted by atomic mass is 10.1. The quantitative estimate of drug-likeness (QED) is 0.654. The molecule has 0 radical (unpaired) electrons. The maximum absolute atomic E-state index is 9.46. The molecule has 4 N–H and O–H groups in total. The highest BCUT2D eigenvalue weighted by molar-refractivity contribution is 6.32. The first-order valence-electron chi connectivity index (χ1n) is 4.12. The monoisotopic (exact) mass is 216 g/mol. The lowest BCUT2D eigenvalue weighted by Gasteiger charge is -2.18. The zero-order chi connectivity index (χ0) is 10.8. The minimum Gasteiger partial charge on any atom is -0.393 e. The number of aromatic nitrogens is 2. The van der Waals surface area contributed by atoms with Crippen molar-refractivity contribution in [3.8, 4) is 0 Å². The maximum Gasteiger partial charge on any atom is 0.157 e. The van der Waals surface area contributed by atoms with Crippen molar-refractivity contribution in [2.24, 2.45) is 0 Å². The molecule has 0 aliphatic heterocycles. The van der Waals surface area contributed by atoms with Gasteiger partial charge in [0.15, 0.2) is 11.0 Å². The highest BCUT2D eigenvalue weighted by Gasteiger charge is 2.13. The van der Waals surface area contributed by atoms with Crippen LogP contribution < -0.4 is 11.1 Å². The average molecular weight is 217 g/mol. The number of nitrogen functional groups attached to an aromatic ring is 1. The minimum absolute atomic E-state index is 0.207. The molecule has 1 aromatic rings. The van der Waals surface area contributed by atoms with Crippen molar-refractivity contribution >= 4 is 23.1 Å². The summed E-state index contributed by atoms with van der Waals surface area (Å²) in [7, 11) is 0. The van der Waals surface area contributed by atoms with Gasteiger partial charge in [0.1, 0.15) is 12.0 Å². The van der Waals surface area contributed by atoms with Crippen LogP contribution in [0, 0.1) is 0 Å². The van der Waals surface area contributed by atoms with Crippen molar-refractivity contribution in [1.29, 1.82) is 0 Å². The SMILES string of the molecule is CC(C)(O)CNc1ncnc(Cl)c1N. The fourth-order valence-electron chi connectivity index (χ4n) is 0.815. The highest BCUT2D eigenvalue weighted by atomic mass is 35.5. The standard InChI is InChI=1S/C8H13ClN4O/c1-8(2,14)3-11-7-5(10)6(9)12-4-13-7/h4,14H,3,10H2,1-2H3,(H,11,12,13). The molecule has 78 valence electrons. The second-order valence-corrected chi connectivity index (χ2v) is 3.95. The van der Waals surface area contributed by atoms with Crippen LogP contribution in [0.1, 0.15) is 13.8 Å². The van der Waals surface area contributed by atoms with Gasteiger partial charge in [0, 0.05) is 6.54 Å². The molecule has 6 heteroatoms. The Balaban J connectivity index is 2.73. The average Bonchev–Trinajstić information content (AvgIpc) is 2.06. The summed E-state index contributed by atoms with van der Waals surface area (Å²) in [5.74, 6) is 0.437. The second kappa shape index (κ2) is 3.98. The van der Waals surface area contributed by atoms with Crippen LogP contribution in [0.5, 0.6) is 0 Å². The summed E-state index contributed by atoms with van der Waals surface area (Å²) in [6.45, 7) is 3.70. The lowest BCUT2D eigenvalue weighted by molar-refractivity contribution is 0.0944. The van der Waals surface area contributed by atoms with Gasteiger partial charge in [0.05, 0.1) is 5.60 Å². The molecular formula is C8H13ClN4O. The van der Waals surface area contributed by atoms with E-state index in [2.05, 4.69) is 15.3 Å². The van der Waals surface area contributed by atoms with E-state index in [9.17, 15) is 5.11 Å². The number of halogens is 1. The molecule has 0 atom stereocenters. The minimum atomic E-state index is -0.829. The van der Waals surface area contributed by atoms with Crippen LogP contribution in [0.4, 0.5) is 11.5 Å². The Morgan fingerprint density at radius 3 is 2.79 bits per heavy atom. The Labute approximate surface area is 87.3 Å². The van der Waals surface area contributed by atoms with E-state index in [0.717, 1.165) is 0 Å². The first kappa shape index (κ1) is 11.0. The largest absolute Gasteiger partial charge is 0.393 e. The van der Waals surface area contributed by atoms with Crippen LogP contribution in [0.15, 0.2) is 6.33 Å². The summed E-state index contributed by atoms with van der Waals surface area (Å²) in [4.78, 5) is 7.61. The summed E-state index contributed by atoms with van der Waals surface area (Å²) >= 11 is 5.69. The fraction of sp³-hybridized carbons (Fsp3) is 0.500. The third-order valence-electron chi connectivity index (χ3n) is 1.52. The number of hydrogen-bond acceptors (Lipinski definition) is 5. The van der Waals surface area contributed by atoms with Crippen molar-refractivity contribution in [2.75, 3.05) is 17.6 Å². The van der Waals surface area contributed by atoms with E-state index < -0.39 is 5.60 Å². The third-order valence-corrected chi connectivity index (χ3v) is 1.82. The van der Waals surface area contributed by atoms with Crippen LogP contribution in [0.2, 0.25) is 5.15 Å². The van der Waals surface area contributed by atoms with Crippen molar-refractivity contribution in [1.82, 2.24) is 9.97 Å². The number of hydrogen-bond donors (Lipinski definition) is 3. The number of nitrogens with zero attached hydrogens (tertiary/aromatic N) is 2. The van der Waals surface area contributed by atoms with Crippen LogP contribution in [0.3, 0.4) is 0 Å². The van der Waals surface area contributed by atoms with Gasteiger partial charge in [0.25, 0.3) is 0 Å². The summed E-state index contributed by atoms with van der Waals surface area (Å²) < 4.78 is 0. The number of anilines is 2. The van der Waals surface area contributed by atoms with Crippen molar-refractivity contribution in [2.45, 2.75) is 19.4 Å². The molecule has 1 aromatic heterocycles. The van der Waals surface area contributed by atoms with Gasteiger partial charge in [0.2, 0.25) is 0 Å². The molecule has 0 fully saturated rings. The van der Waals surface area contributed by atoms with E-state index in [1.807, 2.05) is 0 Å². The Morgan fingerprint density at radius 2 is 2.21 bits per heavy atom. The van der Waals surface area contributed by atoms with E-state index in [1.165, 1.54) is 6.33 Å². The number of nitrogens with one attached hydrogen (secondary N) is 1. The molecule has 0 bridgehead atoms. The number of rotatable bonds is 3. The first-order valence-corrected chi connectivity index (χ1v) is 4.50. The van der Waals surface area contributed by atoms with E-state index in [1.54, 1.807) is 13.8 Å². The Kier molecular flexibility index (Phi) is 3.13. The van der Waals surface area contributed by atoms with Gasteiger partial charge in [-0.3, -0.25) is 0 Å². The van der Waals surface area contributed by atoms with E-state index in [0.29, 0.717) is 18.1 Å². The van der Waals surface area contributed by atoms with Crippen molar-refractivity contribution in [3.63, 3.8) is 0 Å². The molecule has 0 saturated carbocycles. The summed E-state index contributed by atoms with van der Waals surface area (Å²) in [5.41, 5.74) is 5.07. The molecule has 0 amide bonds. The number of nitrogens with two attached hydrogens (primary N) is 1. The maximum atomic E-state index is 9.46. The summed E-state index contributed by atoms with van der Waals surface area (Å²) in [6.07, 6.45) is 1.31. The van der Waals surface area contributed by atoms with Crippen LogP contribution >= 0.6 is 11.6 Å². The molecule has 14 heavy (non-hydrogen) atoms. The molecule has 0 aliphatic carbocycles. The van der Waals surface area contributed by atoms with Crippen molar-refractivity contribution in [3.05, 3.63) is 11.5 Å². The van der Waals surface area contributed by atoms with Gasteiger partial charge in [-0.15, -0.1) is 0 Å². The van der Waals surface area contributed by atoms with E-state index in [-0.39, 0.29) is 5.15 Å². The zero-order valence-electron chi connectivity index (χ0n) is 8.08. The van der Waals surface area contributed by atoms with Crippen molar-refractivity contribution < 1.29 is 5.11 Å². The fourth-order valence-corrected chi connectivity index (χ4v) is 0.948. The van der Waals surface area contributed by atoms with Crippen LogP contribution in [0.25, 0.3) is 0 Å². The predicted molar refractivity (Wildman–Crippen MR) is 56.2 cm³/mol. The van der Waals surface area contributed by atoms with Crippen LogP contribution in [-0.4, -0.2) is 27.2 Å². The zero-order valence-corrected chi connectivity index (χ0v) is 8.84. The predicted octanol–water partition coefficient (Wildman–Crippen LogP) is 0.895. The Hall–Kier alpha value is -1.07. The molecule has 0 aromatic carbocycles. The van der Waals surface area contributed by atoms with Gasteiger partial charge >= 0.3 is 0 Å². The molecule has 0 aliphatic rings. The molecule has 1 rings (SSSR count). The number of aliphatic hydroxyl groups is 1. The van der Waals surface area contributed by atoms with E-state index in [4.69, 9.17) is 17.3 Å².